The molecular formula is C27H24FN3O3. The number of halogens is 1. The first-order valence-corrected chi connectivity index (χ1v) is 11.4. The van der Waals surface area contributed by atoms with E-state index in [2.05, 4.69) is 16.4 Å². The molecule has 2 unspecified atom stereocenters. The number of benzene rings is 2. The van der Waals surface area contributed by atoms with Gasteiger partial charge in [0.15, 0.2) is 0 Å². The van der Waals surface area contributed by atoms with Crippen LogP contribution in [0.4, 0.5) is 10.2 Å². The molecule has 6 nitrogen and oxygen atoms in total. The minimum atomic E-state index is -0.293. The lowest BCUT2D eigenvalue weighted by molar-refractivity contribution is -0.117. The first-order chi connectivity index (χ1) is 16.6. The number of nitriles is 1. The van der Waals surface area contributed by atoms with Gasteiger partial charge in [-0.1, -0.05) is 18.2 Å². The Bertz CT molecular complexity index is 1250. The molecule has 0 radical (unpaired) electrons. The number of hydrogen-bond donors (Lipinski definition) is 1. The fraction of sp³-hybridized carbons (Fsp3) is 0.296. The van der Waals surface area contributed by atoms with Crippen LogP contribution in [0.3, 0.4) is 0 Å². The van der Waals surface area contributed by atoms with Crippen LogP contribution in [0.15, 0.2) is 60.8 Å². The SMILES string of the molecule is N#Cc1cc(-c2ccnc(NC(=O)C3CC3c3cccc(F)c3)c2)ccc1OC1CCOCC1. The van der Waals surface area contributed by atoms with Crippen LogP contribution in [0.25, 0.3) is 11.1 Å². The van der Waals surface area contributed by atoms with Gasteiger partial charge in [0.25, 0.3) is 0 Å². The lowest BCUT2D eigenvalue weighted by Gasteiger charge is -2.23. The van der Waals surface area contributed by atoms with Crippen LogP contribution in [-0.2, 0) is 9.53 Å². The summed E-state index contributed by atoms with van der Waals surface area (Å²) in [6, 6.07) is 17.7. The average Bonchev–Trinajstić information content (AvgIpc) is 3.67. The molecule has 1 saturated carbocycles. The Labute approximate surface area is 197 Å². The minimum absolute atomic E-state index is 0.0281. The van der Waals surface area contributed by atoms with E-state index in [4.69, 9.17) is 9.47 Å². The number of hydrogen-bond acceptors (Lipinski definition) is 5. The van der Waals surface area contributed by atoms with Crippen LogP contribution < -0.4 is 10.1 Å². The number of aromatic nitrogens is 1. The maximum Gasteiger partial charge on any atom is 0.229 e. The molecule has 1 aliphatic heterocycles. The van der Waals surface area contributed by atoms with Crippen molar-refractivity contribution < 1.29 is 18.7 Å². The maximum atomic E-state index is 13.5. The van der Waals surface area contributed by atoms with Gasteiger partial charge in [0.1, 0.15) is 29.6 Å². The Hall–Kier alpha value is -3.76. The highest BCUT2D eigenvalue weighted by Gasteiger charge is 2.44. The number of nitrogens with zero attached hydrogens (tertiary/aromatic N) is 2. The van der Waals surface area contributed by atoms with Crippen molar-refractivity contribution in [3.8, 4) is 22.9 Å². The van der Waals surface area contributed by atoms with E-state index >= 15 is 0 Å². The largest absolute Gasteiger partial charge is 0.489 e. The lowest BCUT2D eigenvalue weighted by atomic mass is 10.0. The average molecular weight is 458 g/mol. The van der Waals surface area contributed by atoms with Crippen molar-refractivity contribution in [1.82, 2.24) is 4.98 Å². The standard InChI is InChI=1S/C27H24FN3O3/c28-21-3-1-2-19(13-21)23-15-24(23)27(32)31-26-14-18(6-9-30-26)17-4-5-25(20(12-17)16-29)34-22-7-10-33-11-8-22/h1-6,9,12-14,22-24H,7-8,10-11,15H2,(H,30,31,32). The zero-order valence-electron chi connectivity index (χ0n) is 18.5. The van der Waals surface area contributed by atoms with Gasteiger partial charge in [-0.05, 0) is 65.4 Å². The second-order valence-corrected chi connectivity index (χ2v) is 8.68. The highest BCUT2D eigenvalue weighted by atomic mass is 19.1. The van der Waals surface area contributed by atoms with E-state index in [0.717, 1.165) is 29.5 Å². The molecule has 0 bridgehead atoms. The predicted molar refractivity (Wildman–Crippen MR) is 125 cm³/mol. The second-order valence-electron chi connectivity index (χ2n) is 8.68. The fourth-order valence-electron chi connectivity index (χ4n) is 4.36. The molecule has 172 valence electrons. The number of carbonyl (C=O) groups excluding carboxylic acids is 1. The summed E-state index contributed by atoms with van der Waals surface area (Å²) in [7, 11) is 0. The molecule has 34 heavy (non-hydrogen) atoms. The molecule has 2 heterocycles. The molecule has 2 atom stereocenters. The van der Waals surface area contributed by atoms with E-state index in [1.807, 2.05) is 24.3 Å². The number of ether oxygens (including phenoxy) is 2. The van der Waals surface area contributed by atoms with Crippen LogP contribution >= 0.6 is 0 Å². The number of nitrogens with one attached hydrogen (secondary N) is 1. The van der Waals surface area contributed by atoms with Crippen LogP contribution in [0.2, 0.25) is 0 Å². The summed E-state index contributed by atoms with van der Waals surface area (Å²) in [4.78, 5) is 17.0. The highest BCUT2D eigenvalue weighted by Crippen LogP contribution is 2.48. The summed E-state index contributed by atoms with van der Waals surface area (Å²) < 4.78 is 24.9. The number of anilines is 1. The van der Waals surface area contributed by atoms with Crippen molar-refractivity contribution in [3.63, 3.8) is 0 Å². The number of pyridine rings is 1. The molecular weight excluding hydrogens is 433 g/mol. The second kappa shape index (κ2) is 9.62. The van der Waals surface area contributed by atoms with Crippen molar-refractivity contribution in [2.75, 3.05) is 18.5 Å². The Balaban J connectivity index is 1.27. The Kier molecular flexibility index (Phi) is 6.24. The van der Waals surface area contributed by atoms with Crippen LogP contribution in [-0.4, -0.2) is 30.2 Å². The normalized spacial score (nSPS) is 19.8. The van der Waals surface area contributed by atoms with Crippen molar-refractivity contribution in [3.05, 3.63) is 77.7 Å². The van der Waals surface area contributed by atoms with E-state index in [0.29, 0.717) is 36.8 Å². The first kappa shape index (κ1) is 22.1. The van der Waals surface area contributed by atoms with Gasteiger partial charge in [-0.15, -0.1) is 0 Å². The molecule has 1 N–H and O–H groups in total. The van der Waals surface area contributed by atoms with Crippen molar-refractivity contribution >= 4 is 11.7 Å². The summed E-state index contributed by atoms with van der Waals surface area (Å²) in [5.74, 6) is 0.418. The minimum Gasteiger partial charge on any atom is -0.489 e. The van der Waals surface area contributed by atoms with Crippen molar-refractivity contribution in [2.45, 2.75) is 31.3 Å². The van der Waals surface area contributed by atoms with E-state index in [9.17, 15) is 14.4 Å². The molecule has 5 rings (SSSR count). The Morgan fingerprint density at radius 3 is 2.74 bits per heavy atom. The molecule has 7 heteroatoms. The first-order valence-electron chi connectivity index (χ1n) is 11.4. The molecule has 3 aromatic rings. The molecule has 0 spiro atoms. The van der Waals surface area contributed by atoms with Gasteiger partial charge in [0.05, 0.1) is 18.8 Å². The topological polar surface area (TPSA) is 84.2 Å². The third-order valence-electron chi connectivity index (χ3n) is 6.31. The van der Waals surface area contributed by atoms with Gasteiger partial charge in [-0.3, -0.25) is 4.79 Å². The maximum absolute atomic E-state index is 13.5. The van der Waals surface area contributed by atoms with Gasteiger partial charge in [-0.2, -0.15) is 5.26 Å². The van der Waals surface area contributed by atoms with Crippen molar-refractivity contribution in [1.29, 1.82) is 5.26 Å². The number of carbonyl (C=O) groups is 1. The zero-order chi connectivity index (χ0) is 23.5. The molecule has 1 aliphatic carbocycles. The molecule has 2 aromatic carbocycles. The summed E-state index contributed by atoms with van der Waals surface area (Å²) >= 11 is 0. The Morgan fingerprint density at radius 1 is 1.12 bits per heavy atom. The smallest absolute Gasteiger partial charge is 0.229 e. The van der Waals surface area contributed by atoms with E-state index in [-0.39, 0.29) is 29.7 Å². The quantitative estimate of drug-likeness (QED) is 0.559. The van der Waals surface area contributed by atoms with E-state index in [1.165, 1.54) is 12.1 Å². The van der Waals surface area contributed by atoms with E-state index in [1.54, 1.807) is 24.4 Å². The predicted octanol–water partition coefficient (Wildman–Crippen LogP) is 5.06. The van der Waals surface area contributed by atoms with Crippen LogP contribution in [0.1, 0.15) is 36.3 Å². The number of rotatable bonds is 6. The van der Waals surface area contributed by atoms with Gasteiger partial charge < -0.3 is 14.8 Å². The third-order valence-corrected chi connectivity index (χ3v) is 6.31. The van der Waals surface area contributed by atoms with Gasteiger partial charge >= 0.3 is 0 Å². The monoisotopic (exact) mass is 457 g/mol. The molecule has 2 aliphatic rings. The lowest BCUT2D eigenvalue weighted by Crippen LogP contribution is -2.26. The van der Waals surface area contributed by atoms with Gasteiger partial charge in [0.2, 0.25) is 5.91 Å². The number of amides is 1. The molecule has 1 saturated heterocycles. The fourth-order valence-corrected chi connectivity index (χ4v) is 4.36. The van der Waals surface area contributed by atoms with Crippen LogP contribution in [0, 0.1) is 23.1 Å². The van der Waals surface area contributed by atoms with Crippen LogP contribution in [0.5, 0.6) is 5.75 Å². The van der Waals surface area contributed by atoms with Gasteiger partial charge in [0, 0.05) is 25.0 Å². The summed E-state index contributed by atoms with van der Waals surface area (Å²) in [6.45, 7) is 1.33. The zero-order valence-corrected chi connectivity index (χ0v) is 18.5. The summed E-state index contributed by atoms with van der Waals surface area (Å²) in [5, 5.41) is 12.5. The molecule has 1 amide bonds. The van der Waals surface area contributed by atoms with E-state index < -0.39 is 0 Å². The summed E-state index contributed by atoms with van der Waals surface area (Å²) in [5.41, 5.74) is 2.96. The molecule has 1 aromatic heterocycles. The molecule has 2 fully saturated rings. The van der Waals surface area contributed by atoms with Crippen molar-refractivity contribution in [2.24, 2.45) is 5.92 Å². The summed E-state index contributed by atoms with van der Waals surface area (Å²) in [6.07, 6.45) is 3.98. The Morgan fingerprint density at radius 2 is 1.94 bits per heavy atom. The third kappa shape index (κ3) is 4.92. The highest BCUT2D eigenvalue weighted by molar-refractivity contribution is 5.95. The van der Waals surface area contributed by atoms with Gasteiger partial charge in [-0.25, -0.2) is 9.37 Å².